The summed E-state index contributed by atoms with van der Waals surface area (Å²) in [4.78, 5) is 22.9. The molecule has 3 N–H and O–H groups in total. The van der Waals surface area contributed by atoms with E-state index in [1.165, 1.54) is 24.3 Å². The van der Waals surface area contributed by atoms with Gasteiger partial charge in [-0.1, -0.05) is 12.1 Å². The van der Waals surface area contributed by atoms with E-state index in [0.29, 0.717) is 11.4 Å². The lowest BCUT2D eigenvalue weighted by molar-refractivity contribution is -0.121. The summed E-state index contributed by atoms with van der Waals surface area (Å²) in [6, 6.07) is 11.2. The lowest BCUT2D eigenvalue weighted by Gasteiger charge is -2.12. The SMILES string of the molecule is CC(=O)NS(=O)(=O)c1ccc(NC(=S)NC(=O)COc2cc(C)ccc2C)cc1. The summed E-state index contributed by atoms with van der Waals surface area (Å²) in [5, 5.41) is 5.30. The second kappa shape index (κ2) is 9.48. The first-order valence-corrected chi connectivity index (χ1v) is 10.4. The van der Waals surface area contributed by atoms with Crippen LogP contribution < -0.4 is 20.1 Å². The number of benzene rings is 2. The molecule has 0 saturated heterocycles. The number of thiocarbonyl (C=S) groups is 1. The van der Waals surface area contributed by atoms with Crippen molar-refractivity contribution in [2.24, 2.45) is 0 Å². The van der Waals surface area contributed by atoms with Gasteiger partial charge >= 0.3 is 0 Å². The first-order chi connectivity index (χ1) is 13.6. The maximum Gasteiger partial charge on any atom is 0.264 e. The molecule has 0 fully saturated rings. The fourth-order valence-electron chi connectivity index (χ4n) is 2.30. The number of hydrogen-bond acceptors (Lipinski definition) is 6. The van der Waals surface area contributed by atoms with E-state index in [1.807, 2.05) is 36.8 Å². The number of ether oxygens (including phenoxy) is 1. The Morgan fingerprint density at radius 1 is 1.07 bits per heavy atom. The van der Waals surface area contributed by atoms with Crippen LogP contribution in [0.3, 0.4) is 0 Å². The highest BCUT2D eigenvalue weighted by molar-refractivity contribution is 7.90. The van der Waals surface area contributed by atoms with Crippen LogP contribution in [0.25, 0.3) is 0 Å². The van der Waals surface area contributed by atoms with Gasteiger partial charge in [0, 0.05) is 12.6 Å². The monoisotopic (exact) mass is 435 g/mol. The number of hydrogen-bond donors (Lipinski definition) is 3. The average Bonchev–Trinajstić information content (AvgIpc) is 2.61. The van der Waals surface area contributed by atoms with Crippen molar-refractivity contribution < 1.29 is 22.7 Å². The summed E-state index contributed by atoms with van der Waals surface area (Å²) < 4.78 is 31.2. The highest BCUT2D eigenvalue weighted by Gasteiger charge is 2.15. The number of aryl methyl sites for hydroxylation is 2. The third-order valence-corrected chi connectivity index (χ3v) is 5.31. The first kappa shape index (κ1) is 22.3. The van der Waals surface area contributed by atoms with Crippen molar-refractivity contribution in [1.82, 2.24) is 10.0 Å². The smallest absolute Gasteiger partial charge is 0.264 e. The molecule has 29 heavy (non-hydrogen) atoms. The molecule has 0 aliphatic heterocycles. The van der Waals surface area contributed by atoms with Gasteiger partial charge in [-0.05, 0) is 67.5 Å². The molecule has 0 aromatic heterocycles. The molecule has 2 amide bonds. The van der Waals surface area contributed by atoms with Crippen LogP contribution in [-0.2, 0) is 19.6 Å². The van der Waals surface area contributed by atoms with Crippen molar-refractivity contribution >= 4 is 44.9 Å². The van der Waals surface area contributed by atoms with E-state index in [2.05, 4.69) is 10.6 Å². The van der Waals surface area contributed by atoms with Crippen molar-refractivity contribution in [2.75, 3.05) is 11.9 Å². The minimum atomic E-state index is -3.91. The van der Waals surface area contributed by atoms with Crippen LogP contribution in [0.1, 0.15) is 18.1 Å². The Morgan fingerprint density at radius 2 is 1.72 bits per heavy atom. The van der Waals surface area contributed by atoms with E-state index >= 15 is 0 Å². The van der Waals surface area contributed by atoms with E-state index in [1.54, 1.807) is 0 Å². The Kier molecular flexibility index (Phi) is 7.29. The molecule has 0 atom stereocenters. The molecule has 10 heteroatoms. The van der Waals surface area contributed by atoms with Gasteiger partial charge in [-0.2, -0.15) is 0 Å². The van der Waals surface area contributed by atoms with Gasteiger partial charge in [-0.25, -0.2) is 13.1 Å². The van der Waals surface area contributed by atoms with Crippen LogP contribution in [0.2, 0.25) is 0 Å². The molecule has 0 saturated carbocycles. The quantitative estimate of drug-likeness (QED) is 0.595. The van der Waals surface area contributed by atoms with Crippen LogP contribution in [0.5, 0.6) is 5.75 Å². The number of rotatable bonds is 6. The second-order valence-electron chi connectivity index (χ2n) is 6.25. The van der Waals surface area contributed by atoms with Gasteiger partial charge in [-0.15, -0.1) is 0 Å². The Balaban J connectivity index is 1.89. The third-order valence-electron chi connectivity index (χ3n) is 3.66. The summed E-state index contributed by atoms with van der Waals surface area (Å²) in [7, 11) is -3.91. The molecule has 0 radical (unpaired) electrons. The van der Waals surface area contributed by atoms with E-state index in [-0.39, 0.29) is 16.6 Å². The Morgan fingerprint density at radius 3 is 2.34 bits per heavy atom. The highest BCUT2D eigenvalue weighted by atomic mass is 32.2. The van der Waals surface area contributed by atoms with Gasteiger partial charge in [0.15, 0.2) is 11.7 Å². The van der Waals surface area contributed by atoms with Gasteiger partial charge in [-0.3, -0.25) is 14.9 Å². The number of anilines is 1. The Labute approximate surface area is 174 Å². The summed E-state index contributed by atoms with van der Waals surface area (Å²) in [6.45, 7) is 4.71. The van der Waals surface area contributed by atoms with Gasteiger partial charge in [0.2, 0.25) is 5.91 Å². The minimum Gasteiger partial charge on any atom is -0.483 e. The maximum absolute atomic E-state index is 12.0. The summed E-state index contributed by atoms with van der Waals surface area (Å²) in [5.74, 6) is -0.498. The fourth-order valence-corrected chi connectivity index (χ4v) is 3.52. The normalized spacial score (nSPS) is 10.7. The standard InChI is InChI=1S/C19H21N3O5S2/c1-12-4-5-13(2)17(10-12)27-11-18(24)21-19(28)20-15-6-8-16(9-7-15)29(25,26)22-14(3)23/h4-10H,11H2,1-3H3,(H,22,23)(H2,20,21,24,28). The predicted octanol–water partition coefficient (Wildman–Crippen LogP) is 2.02. The van der Waals surface area contributed by atoms with Gasteiger partial charge in [0.25, 0.3) is 15.9 Å². The summed E-state index contributed by atoms with van der Waals surface area (Å²) >= 11 is 5.08. The fraction of sp³-hybridized carbons (Fsp3) is 0.211. The Hall–Kier alpha value is -2.98. The second-order valence-corrected chi connectivity index (χ2v) is 8.34. The Bertz CT molecular complexity index is 1030. The predicted molar refractivity (Wildman–Crippen MR) is 113 cm³/mol. The molecule has 0 bridgehead atoms. The number of nitrogens with one attached hydrogen (secondary N) is 3. The van der Waals surface area contributed by atoms with Gasteiger partial charge in [0.05, 0.1) is 4.90 Å². The highest BCUT2D eigenvalue weighted by Crippen LogP contribution is 2.19. The lowest BCUT2D eigenvalue weighted by atomic mass is 10.1. The third kappa shape index (κ3) is 6.84. The molecular formula is C19H21N3O5S2. The molecule has 0 unspecified atom stereocenters. The molecule has 2 rings (SSSR count). The maximum atomic E-state index is 12.0. The zero-order chi connectivity index (χ0) is 21.6. The molecular weight excluding hydrogens is 414 g/mol. The van der Waals surface area contributed by atoms with Crippen LogP contribution in [0.15, 0.2) is 47.4 Å². The van der Waals surface area contributed by atoms with Crippen LogP contribution in [0, 0.1) is 13.8 Å². The van der Waals surface area contributed by atoms with E-state index in [0.717, 1.165) is 18.1 Å². The van der Waals surface area contributed by atoms with Gasteiger partial charge < -0.3 is 10.1 Å². The molecule has 0 spiro atoms. The molecule has 2 aromatic carbocycles. The van der Waals surface area contributed by atoms with E-state index in [4.69, 9.17) is 17.0 Å². The lowest BCUT2D eigenvalue weighted by Crippen LogP contribution is -2.37. The zero-order valence-corrected chi connectivity index (χ0v) is 17.7. The zero-order valence-electron chi connectivity index (χ0n) is 16.1. The van der Waals surface area contributed by atoms with Crippen LogP contribution >= 0.6 is 12.2 Å². The number of carbonyl (C=O) groups is 2. The largest absolute Gasteiger partial charge is 0.483 e. The average molecular weight is 436 g/mol. The van der Waals surface area contributed by atoms with E-state index in [9.17, 15) is 18.0 Å². The summed E-state index contributed by atoms with van der Waals surface area (Å²) in [6.07, 6.45) is 0. The van der Waals surface area contributed by atoms with Gasteiger partial charge in [0.1, 0.15) is 5.75 Å². The number of carbonyl (C=O) groups excluding carboxylic acids is 2. The van der Waals surface area contributed by atoms with E-state index < -0.39 is 21.8 Å². The first-order valence-electron chi connectivity index (χ1n) is 8.51. The van der Waals surface area contributed by atoms with Crippen molar-refractivity contribution in [3.8, 4) is 5.75 Å². The molecule has 8 nitrogen and oxygen atoms in total. The molecule has 0 heterocycles. The molecule has 0 aliphatic carbocycles. The number of sulfonamides is 1. The van der Waals surface area contributed by atoms with Crippen molar-refractivity contribution in [3.63, 3.8) is 0 Å². The van der Waals surface area contributed by atoms with Crippen molar-refractivity contribution in [3.05, 3.63) is 53.6 Å². The van der Waals surface area contributed by atoms with Crippen molar-refractivity contribution in [2.45, 2.75) is 25.7 Å². The molecule has 2 aromatic rings. The van der Waals surface area contributed by atoms with Crippen LogP contribution in [-0.4, -0.2) is 32.0 Å². The summed E-state index contributed by atoms with van der Waals surface area (Å²) in [5.41, 5.74) is 2.40. The molecule has 154 valence electrons. The minimum absolute atomic E-state index is 0.0389. The van der Waals surface area contributed by atoms with Crippen LogP contribution in [0.4, 0.5) is 5.69 Å². The number of amides is 2. The topological polar surface area (TPSA) is 114 Å². The van der Waals surface area contributed by atoms with Crippen molar-refractivity contribution in [1.29, 1.82) is 0 Å². The molecule has 0 aliphatic rings.